The summed E-state index contributed by atoms with van der Waals surface area (Å²) >= 11 is 0. The lowest BCUT2D eigenvalue weighted by atomic mass is 10.0. The van der Waals surface area contributed by atoms with Gasteiger partial charge in [0, 0.05) is 18.1 Å². The Morgan fingerprint density at radius 3 is 2.52 bits per heavy atom. The molecule has 0 saturated carbocycles. The molecule has 0 bridgehead atoms. The Morgan fingerprint density at radius 1 is 0.810 bits per heavy atom. The van der Waals surface area contributed by atoms with E-state index >= 15 is 0 Å². The van der Waals surface area contributed by atoms with Crippen molar-refractivity contribution in [1.82, 2.24) is 0 Å². The minimum atomic E-state index is 0.711. The number of ether oxygens (including phenoxy) is 2. The van der Waals surface area contributed by atoms with E-state index in [0.29, 0.717) is 5.75 Å². The fourth-order valence-electron chi connectivity index (χ4n) is 2.46. The second-order valence-electron chi connectivity index (χ2n) is 4.97. The van der Waals surface area contributed by atoms with Gasteiger partial charge in [-0.1, -0.05) is 36.4 Å². The average molecular weight is 273 g/mol. The van der Waals surface area contributed by atoms with Gasteiger partial charge >= 0.3 is 0 Å². The Bertz CT molecular complexity index is 779. The molecule has 1 aliphatic heterocycles. The van der Waals surface area contributed by atoms with Crippen LogP contribution in [0.15, 0.2) is 66.7 Å². The lowest BCUT2D eigenvalue weighted by molar-refractivity contribution is 0.451. The van der Waals surface area contributed by atoms with Gasteiger partial charge in [-0.3, -0.25) is 0 Å². The molecule has 1 heterocycles. The Morgan fingerprint density at radius 2 is 1.62 bits per heavy atom. The summed E-state index contributed by atoms with van der Waals surface area (Å²) in [5.41, 5.74) is 2.21. The summed E-state index contributed by atoms with van der Waals surface area (Å²) in [5, 5.41) is 0. The molecule has 0 fully saturated rings. The van der Waals surface area contributed by atoms with Crippen LogP contribution >= 0.6 is 0 Å². The number of hydrogen-bond acceptors (Lipinski definition) is 2. The maximum absolute atomic E-state index is 5.90. The smallest absolute Gasteiger partial charge is 0.135 e. The molecular weight excluding hydrogens is 260 g/mol. The summed E-state index contributed by atoms with van der Waals surface area (Å²) in [6, 6.07) is 25.0. The van der Waals surface area contributed by atoms with Crippen LogP contribution in [0.3, 0.4) is 0 Å². The van der Waals surface area contributed by atoms with Crippen LogP contribution in [-0.2, 0) is 6.42 Å². The highest BCUT2D eigenvalue weighted by atomic mass is 16.5. The maximum atomic E-state index is 5.90. The van der Waals surface area contributed by atoms with Crippen LogP contribution in [-0.4, -0.2) is 0 Å². The molecule has 0 unspecified atom stereocenters. The molecule has 0 atom stereocenters. The lowest BCUT2D eigenvalue weighted by Gasteiger charge is -2.20. The van der Waals surface area contributed by atoms with Gasteiger partial charge < -0.3 is 9.47 Å². The van der Waals surface area contributed by atoms with Crippen LogP contribution in [0.2, 0.25) is 0 Å². The largest absolute Gasteiger partial charge is 0.457 e. The lowest BCUT2D eigenvalue weighted by Crippen LogP contribution is -2.03. The van der Waals surface area contributed by atoms with Crippen LogP contribution in [0.4, 0.5) is 0 Å². The number of para-hydroxylation sites is 2. The molecule has 4 rings (SSSR count). The molecule has 0 aliphatic carbocycles. The van der Waals surface area contributed by atoms with E-state index in [1.165, 1.54) is 5.56 Å². The Hall–Kier alpha value is -2.74. The van der Waals surface area contributed by atoms with Crippen LogP contribution in [0, 0.1) is 6.07 Å². The van der Waals surface area contributed by atoms with Gasteiger partial charge in [0.15, 0.2) is 0 Å². The fraction of sp³-hybridized carbons (Fsp3) is 0.0526. The van der Waals surface area contributed by atoms with Gasteiger partial charge in [0.05, 0.1) is 0 Å². The third-order valence-electron chi connectivity index (χ3n) is 3.49. The zero-order valence-corrected chi connectivity index (χ0v) is 11.4. The topological polar surface area (TPSA) is 18.5 Å². The van der Waals surface area contributed by atoms with E-state index in [1.54, 1.807) is 0 Å². The molecule has 101 valence electrons. The molecule has 0 saturated heterocycles. The quantitative estimate of drug-likeness (QED) is 0.513. The van der Waals surface area contributed by atoms with Crippen molar-refractivity contribution in [3.63, 3.8) is 0 Å². The van der Waals surface area contributed by atoms with E-state index in [4.69, 9.17) is 9.47 Å². The number of benzene rings is 3. The van der Waals surface area contributed by atoms with Crippen LogP contribution in [0.5, 0.6) is 23.0 Å². The number of hydrogen-bond donors (Lipinski definition) is 0. The van der Waals surface area contributed by atoms with Crippen molar-refractivity contribution in [2.75, 3.05) is 0 Å². The van der Waals surface area contributed by atoms with Crippen molar-refractivity contribution in [2.24, 2.45) is 0 Å². The SMILES string of the molecule is [c]1c(Oc2ccccc2)ccc2c1Cc1ccccc1O2. The van der Waals surface area contributed by atoms with Crippen LogP contribution < -0.4 is 9.47 Å². The molecule has 3 aromatic carbocycles. The molecule has 0 N–H and O–H groups in total. The standard InChI is InChI=1S/C19H13O2/c1-2-7-16(8-3-1)20-17-10-11-19-15(13-17)12-14-6-4-5-9-18(14)21-19/h1-11H,12H2. The maximum Gasteiger partial charge on any atom is 0.135 e. The van der Waals surface area contributed by atoms with Crippen molar-refractivity contribution in [1.29, 1.82) is 0 Å². The van der Waals surface area contributed by atoms with Crippen LogP contribution in [0.25, 0.3) is 0 Å². The molecule has 0 amide bonds. The van der Waals surface area contributed by atoms with Crippen molar-refractivity contribution >= 4 is 0 Å². The fourth-order valence-corrected chi connectivity index (χ4v) is 2.46. The zero-order chi connectivity index (χ0) is 14.1. The highest BCUT2D eigenvalue weighted by molar-refractivity contribution is 5.51. The molecule has 0 spiro atoms. The first kappa shape index (κ1) is 12.0. The third-order valence-corrected chi connectivity index (χ3v) is 3.49. The van der Waals surface area contributed by atoms with Gasteiger partial charge in [0.25, 0.3) is 0 Å². The molecular formula is C19H13O2. The van der Waals surface area contributed by atoms with E-state index in [2.05, 4.69) is 12.1 Å². The molecule has 1 radical (unpaired) electrons. The van der Waals surface area contributed by atoms with E-state index in [0.717, 1.165) is 29.2 Å². The van der Waals surface area contributed by atoms with Gasteiger partial charge in [-0.05, 0) is 35.9 Å². The second kappa shape index (κ2) is 4.98. The first-order valence-corrected chi connectivity index (χ1v) is 6.92. The Balaban J connectivity index is 1.64. The number of rotatable bonds is 2. The highest BCUT2D eigenvalue weighted by Gasteiger charge is 2.17. The average Bonchev–Trinajstić information content (AvgIpc) is 2.54. The zero-order valence-electron chi connectivity index (χ0n) is 11.4. The molecule has 2 nitrogen and oxygen atoms in total. The minimum absolute atomic E-state index is 0.711. The number of fused-ring (bicyclic) bond motifs is 2. The minimum Gasteiger partial charge on any atom is -0.457 e. The first-order chi connectivity index (χ1) is 10.4. The van der Waals surface area contributed by atoms with Gasteiger partial charge in [-0.2, -0.15) is 0 Å². The summed E-state index contributed by atoms with van der Waals surface area (Å²) in [6.07, 6.45) is 0.817. The molecule has 2 heteroatoms. The summed E-state index contributed by atoms with van der Waals surface area (Å²) < 4.78 is 11.7. The summed E-state index contributed by atoms with van der Waals surface area (Å²) in [5.74, 6) is 3.30. The normalized spacial score (nSPS) is 12.0. The highest BCUT2D eigenvalue weighted by Crippen LogP contribution is 2.38. The summed E-state index contributed by atoms with van der Waals surface area (Å²) in [6.45, 7) is 0. The second-order valence-corrected chi connectivity index (χ2v) is 4.97. The van der Waals surface area contributed by atoms with Gasteiger partial charge in [0.2, 0.25) is 0 Å². The van der Waals surface area contributed by atoms with E-state index < -0.39 is 0 Å². The first-order valence-electron chi connectivity index (χ1n) is 6.92. The van der Waals surface area contributed by atoms with Crippen molar-refractivity contribution in [2.45, 2.75) is 6.42 Å². The van der Waals surface area contributed by atoms with Gasteiger partial charge in [-0.15, -0.1) is 0 Å². The van der Waals surface area contributed by atoms with Crippen molar-refractivity contribution in [3.05, 3.63) is 83.9 Å². The molecule has 0 aromatic heterocycles. The van der Waals surface area contributed by atoms with Gasteiger partial charge in [-0.25, -0.2) is 0 Å². The summed E-state index contributed by atoms with van der Waals surface area (Å²) in [4.78, 5) is 0. The predicted octanol–water partition coefficient (Wildman–Crippen LogP) is 4.98. The van der Waals surface area contributed by atoms with E-state index in [-0.39, 0.29) is 0 Å². The van der Waals surface area contributed by atoms with Crippen molar-refractivity contribution in [3.8, 4) is 23.0 Å². The van der Waals surface area contributed by atoms with E-state index in [9.17, 15) is 0 Å². The molecule has 21 heavy (non-hydrogen) atoms. The summed E-state index contributed by atoms with van der Waals surface area (Å²) in [7, 11) is 0. The predicted molar refractivity (Wildman–Crippen MR) is 81.1 cm³/mol. The van der Waals surface area contributed by atoms with Crippen LogP contribution in [0.1, 0.15) is 11.1 Å². The third kappa shape index (κ3) is 2.36. The Labute approximate surface area is 123 Å². The van der Waals surface area contributed by atoms with Gasteiger partial charge in [0.1, 0.15) is 23.0 Å². The molecule has 1 aliphatic rings. The molecule has 3 aromatic rings. The van der Waals surface area contributed by atoms with E-state index in [1.807, 2.05) is 60.7 Å². The van der Waals surface area contributed by atoms with Crippen molar-refractivity contribution < 1.29 is 9.47 Å². The Kier molecular flexibility index (Phi) is 2.86. The monoisotopic (exact) mass is 273 g/mol.